The first-order chi connectivity index (χ1) is 15.5. The number of hydrogen-bond donors (Lipinski definition) is 1. The highest BCUT2D eigenvalue weighted by Crippen LogP contribution is 2.33. The number of anilines is 1. The second-order valence-electron chi connectivity index (χ2n) is 7.58. The molecule has 0 radical (unpaired) electrons. The number of hydrogen-bond acceptors (Lipinski definition) is 4. The van der Waals surface area contributed by atoms with Gasteiger partial charge in [0.05, 0.1) is 18.4 Å². The van der Waals surface area contributed by atoms with Crippen molar-refractivity contribution in [3.8, 4) is 5.75 Å². The van der Waals surface area contributed by atoms with E-state index in [9.17, 15) is 9.59 Å². The number of rotatable bonds is 7. The van der Waals surface area contributed by atoms with Gasteiger partial charge in [0.25, 0.3) is 11.8 Å². The van der Waals surface area contributed by atoms with Crippen molar-refractivity contribution in [1.82, 2.24) is 4.90 Å². The maximum atomic E-state index is 13.4. The first-order valence-corrected chi connectivity index (χ1v) is 10.7. The number of carbonyl (C=O) groups is 2. The Morgan fingerprint density at radius 2 is 1.66 bits per heavy atom. The molecule has 0 fully saturated rings. The number of benzene rings is 3. The molecule has 6 heteroatoms. The molecule has 0 aliphatic carbocycles. The van der Waals surface area contributed by atoms with E-state index in [1.165, 1.54) is 4.90 Å². The van der Waals surface area contributed by atoms with Crippen LogP contribution in [0.5, 0.6) is 5.75 Å². The molecule has 5 nitrogen and oxygen atoms in total. The molecule has 0 atom stereocenters. The predicted molar refractivity (Wildman–Crippen MR) is 127 cm³/mol. The minimum atomic E-state index is -0.355. The van der Waals surface area contributed by atoms with Crippen molar-refractivity contribution in [2.45, 2.75) is 13.3 Å². The summed E-state index contributed by atoms with van der Waals surface area (Å²) in [6.07, 6.45) is 0.539. The van der Waals surface area contributed by atoms with Crippen LogP contribution >= 0.6 is 11.6 Å². The molecular formula is C26H23ClN2O3. The molecule has 1 aliphatic rings. The number of imide groups is 1. The number of aryl methyl sites for hydroxylation is 1. The highest BCUT2D eigenvalue weighted by molar-refractivity contribution is 6.36. The van der Waals surface area contributed by atoms with Gasteiger partial charge < -0.3 is 10.1 Å². The molecule has 1 heterocycles. The van der Waals surface area contributed by atoms with Gasteiger partial charge in [0.2, 0.25) is 0 Å². The van der Waals surface area contributed by atoms with Crippen LogP contribution in [0.15, 0.2) is 78.5 Å². The fourth-order valence-electron chi connectivity index (χ4n) is 3.71. The van der Waals surface area contributed by atoms with Gasteiger partial charge in [-0.2, -0.15) is 0 Å². The van der Waals surface area contributed by atoms with Crippen molar-refractivity contribution < 1.29 is 14.3 Å². The monoisotopic (exact) mass is 446 g/mol. The third-order valence-corrected chi connectivity index (χ3v) is 5.63. The average Bonchev–Trinajstić information content (AvgIpc) is 3.03. The highest BCUT2D eigenvalue weighted by Gasteiger charge is 2.39. The van der Waals surface area contributed by atoms with E-state index >= 15 is 0 Å². The maximum Gasteiger partial charge on any atom is 0.278 e. The summed E-state index contributed by atoms with van der Waals surface area (Å²) in [7, 11) is 1.57. The van der Waals surface area contributed by atoms with E-state index in [-0.39, 0.29) is 24.1 Å². The van der Waals surface area contributed by atoms with Crippen LogP contribution < -0.4 is 10.1 Å². The molecule has 0 spiro atoms. The molecule has 3 aromatic rings. The normalized spacial score (nSPS) is 13.7. The van der Waals surface area contributed by atoms with Crippen LogP contribution in [-0.2, 0) is 16.0 Å². The van der Waals surface area contributed by atoms with Gasteiger partial charge in [-0.3, -0.25) is 14.5 Å². The Morgan fingerprint density at radius 1 is 0.938 bits per heavy atom. The largest absolute Gasteiger partial charge is 0.495 e. The lowest BCUT2D eigenvalue weighted by Crippen LogP contribution is -2.34. The summed E-state index contributed by atoms with van der Waals surface area (Å²) in [6.45, 7) is 2.23. The van der Waals surface area contributed by atoms with Crippen LogP contribution in [0.1, 0.15) is 16.7 Å². The van der Waals surface area contributed by atoms with Crippen molar-refractivity contribution in [2.75, 3.05) is 19.0 Å². The Kier molecular flexibility index (Phi) is 6.28. The number of carbonyl (C=O) groups excluding carboxylic acids is 2. The van der Waals surface area contributed by atoms with Gasteiger partial charge in [0.1, 0.15) is 11.4 Å². The number of methoxy groups -OCH3 is 1. The van der Waals surface area contributed by atoms with Crippen molar-refractivity contribution >= 4 is 34.7 Å². The van der Waals surface area contributed by atoms with Gasteiger partial charge in [-0.25, -0.2) is 0 Å². The lowest BCUT2D eigenvalue weighted by atomic mass is 10.0. The molecule has 162 valence electrons. The molecule has 32 heavy (non-hydrogen) atoms. The Labute approximate surface area is 192 Å². The van der Waals surface area contributed by atoms with Gasteiger partial charge in [0, 0.05) is 11.6 Å². The SMILES string of the molecule is COc1ccc(C)cc1NC1=C(c2ccccc2)C(=O)N(CCc2ccc(Cl)cc2)C1=O. The molecule has 0 aromatic heterocycles. The second kappa shape index (κ2) is 9.28. The second-order valence-corrected chi connectivity index (χ2v) is 8.02. The minimum Gasteiger partial charge on any atom is -0.495 e. The summed E-state index contributed by atoms with van der Waals surface area (Å²) in [5, 5.41) is 3.84. The topological polar surface area (TPSA) is 58.6 Å². The van der Waals surface area contributed by atoms with Crippen molar-refractivity contribution in [3.05, 3.63) is 100 Å². The van der Waals surface area contributed by atoms with Gasteiger partial charge in [0.15, 0.2) is 0 Å². The first-order valence-electron chi connectivity index (χ1n) is 10.3. The molecule has 3 aromatic carbocycles. The summed E-state index contributed by atoms with van der Waals surface area (Å²) in [5.41, 5.74) is 3.94. The summed E-state index contributed by atoms with van der Waals surface area (Å²) in [6, 6.07) is 22.3. The number of halogens is 1. The van der Waals surface area contributed by atoms with Gasteiger partial charge in [-0.05, 0) is 54.3 Å². The number of ether oxygens (including phenoxy) is 1. The summed E-state index contributed by atoms with van der Waals surface area (Å²) >= 11 is 5.96. The molecule has 1 N–H and O–H groups in total. The van der Waals surface area contributed by atoms with Gasteiger partial charge in [-0.15, -0.1) is 0 Å². The summed E-state index contributed by atoms with van der Waals surface area (Å²) in [5.74, 6) is -0.0777. The zero-order valence-electron chi connectivity index (χ0n) is 17.9. The Balaban J connectivity index is 1.68. The molecule has 0 bridgehead atoms. The van der Waals surface area contributed by atoms with Crippen LogP contribution in [0, 0.1) is 6.92 Å². The van der Waals surface area contributed by atoms with E-state index in [1.807, 2.05) is 67.6 Å². The summed E-state index contributed by atoms with van der Waals surface area (Å²) < 4.78 is 5.45. The fourth-order valence-corrected chi connectivity index (χ4v) is 3.84. The first kappa shape index (κ1) is 21.7. The van der Waals surface area contributed by atoms with Crippen LogP contribution in [0.4, 0.5) is 5.69 Å². The Morgan fingerprint density at radius 3 is 2.34 bits per heavy atom. The smallest absolute Gasteiger partial charge is 0.278 e. The average molecular weight is 447 g/mol. The summed E-state index contributed by atoms with van der Waals surface area (Å²) in [4.78, 5) is 28.0. The fraction of sp³-hybridized carbons (Fsp3) is 0.154. The van der Waals surface area contributed by atoms with E-state index in [0.29, 0.717) is 34.0 Å². The molecule has 0 saturated heterocycles. The Bertz CT molecular complexity index is 1190. The third-order valence-electron chi connectivity index (χ3n) is 5.38. The number of nitrogens with zero attached hydrogens (tertiary/aromatic N) is 1. The Hall–Kier alpha value is -3.57. The van der Waals surface area contributed by atoms with Crippen molar-refractivity contribution in [2.24, 2.45) is 0 Å². The molecule has 0 saturated carbocycles. The van der Waals surface area contributed by atoms with Crippen molar-refractivity contribution in [1.29, 1.82) is 0 Å². The van der Waals surface area contributed by atoms with Crippen LogP contribution in [0.25, 0.3) is 5.57 Å². The van der Waals surface area contributed by atoms with E-state index in [2.05, 4.69) is 5.32 Å². The zero-order valence-corrected chi connectivity index (χ0v) is 18.6. The van der Waals surface area contributed by atoms with E-state index in [1.54, 1.807) is 19.2 Å². The van der Waals surface area contributed by atoms with E-state index in [4.69, 9.17) is 16.3 Å². The van der Waals surface area contributed by atoms with E-state index < -0.39 is 0 Å². The molecule has 2 amide bonds. The van der Waals surface area contributed by atoms with Gasteiger partial charge in [-0.1, -0.05) is 60.1 Å². The van der Waals surface area contributed by atoms with Gasteiger partial charge >= 0.3 is 0 Å². The number of amides is 2. The quantitative estimate of drug-likeness (QED) is 0.513. The lowest BCUT2D eigenvalue weighted by molar-refractivity contribution is -0.136. The third kappa shape index (κ3) is 4.39. The van der Waals surface area contributed by atoms with E-state index in [0.717, 1.165) is 11.1 Å². The zero-order chi connectivity index (χ0) is 22.7. The van der Waals surface area contributed by atoms with Crippen LogP contribution in [0.2, 0.25) is 5.02 Å². The molecule has 4 rings (SSSR count). The molecular weight excluding hydrogens is 424 g/mol. The molecule has 1 aliphatic heterocycles. The van der Waals surface area contributed by atoms with Crippen LogP contribution in [-0.4, -0.2) is 30.4 Å². The van der Waals surface area contributed by atoms with Crippen LogP contribution in [0.3, 0.4) is 0 Å². The number of nitrogens with one attached hydrogen (secondary N) is 1. The minimum absolute atomic E-state index is 0.251. The maximum absolute atomic E-state index is 13.4. The standard InChI is InChI=1S/C26H23ClN2O3/c1-17-8-13-22(32-2)21(16-17)28-24-23(19-6-4-3-5-7-19)25(30)29(26(24)31)15-14-18-9-11-20(27)12-10-18/h3-13,16,28H,14-15H2,1-2H3. The lowest BCUT2D eigenvalue weighted by Gasteiger charge is -2.16. The molecule has 0 unspecified atom stereocenters. The highest BCUT2D eigenvalue weighted by atomic mass is 35.5. The van der Waals surface area contributed by atoms with Crippen molar-refractivity contribution in [3.63, 3.8) is 0 Å². The predicted octanol–water partition coefficient (Wildman–Crippen LogP) is 5.09.